The minimum Gasteiger partial charge on any atom is -0.491 e. The first-order chi connectivity index (χ1) is 13.1. The summed E-state index contributed by atoms with van der Waals surface area (Å²) in [5.74, 6) is 0.189. The molecule has 0 fully saturated rings. The topological polar surface area (TPSA) is 67.4 Å². The Morgan fingerprint density at radius 3 is 1.96 bits per heavy atom. The second-order valence-electron chi connectivity index (χ2n) is 8.20. The van der Waals surface area contributed by atoms with Crippen LogP contribution in [0.25, 0.3) is 0 Å². The lowest BCUT2D eigenvalue weighted by molar-refractivity contribution is -0.117. The first-order valence-electron chi connectivity index (χ1n) is 9.55. The SMILES string of the molecule is CC(C)Oc1ccc(NC(=O)C(C)NC(=O)c2ccc(C(C)(C)C)cc2)cc1. The summed E-state index contributed by atoms with van der Waals surface area (Å²) in [7, 11) is 0. The number of carbonyl (C=O) groups excluding carboxylic acids is 2. The summed E-state index contributed by atoms with van der Waals surface area (Å²) in [5, 5.41) is 5.54. The van der Waals surface area contributed by atoms with Gasteiger partial charge in [-0.2, -0.15) is 0 Å². The molecule has 5 nitrogen and oxygen atoms in total. The molecule has 28 heavy (non-hydrogen) atoms. The molecule has 0 heterocycles. The van der Waals surface area contributed by atoms with Crippen molar-refractivity contribution >= 4 is 17.5 Å². The van der Waals surface area contributed by atoms with Crippen molar-refractivity contribution in [2.24, 2.45) is 0 Å². The Balaban J connectivity index is 1.93. The molecule has 5 heteroatoms. The summed E-state index contributed by atoms with van der Waals surface area (Å²) in [4.78, 5) is 24.8. The summed E-state index contributed by atoms with van der Waals surface area (Å²) < 4.78 is 5.58. The van der Waals surface area contributed by atoms with Crippen molar-refractivity contribution in [3.8, 4) is 5.75 Å². The molecule has 0 spiro atoms. The van der Waals surface area contributed by atoms with E-state index in [2.05, 4.69) is 31.4 Å². The number of hydrogen-bond acceptors (Lipinski definition) is 3. The summed E-state index contributed by atoms with van der Waals surface area (Å²) >= 11 is 0. The summed E-state index contributed by atoms with van der Waals surface area (Å²) in [6.45, 7) is 11.9. The first-order valence-corrected chi connectivity index (χ1v) is 9.55. The number of carbonyl (C=O) groups is 2. The van der Waals surface area contributed by atoms with Crippen molar-refractivity contribution in [3.05, 3.63) is 59.7 Å². The molecule has 2 aromatic rings. The molecule has 0 bridgehead atoms. The van der Waals surface area contributed by atoms with E-state index >= 15 is 0 Å². The second-order valence-corrected chi connectivity index (χ2v) is 8.20. The lowest BCUT2D eigenvalue weighted by Crippen LogP contribution is -2.41. The van der Waals surface area contributed by atoms with Gasteiger partial charge >= 0.3 is 0 Å². The van der Waals surface area contributed by atoms with Crippen LogP contribution in [0.2, 0.25) is 0 Å². The summed E-state index contributed by atoms with van der Waals surface area (Å²) in [6, 6.07) is 13.9. The van der Waals surface area contributed by atoms with Crippen molar-refractivity contribution in [3.63, 3.8) is 0 Å². The molecule has 1 atom stereocenters. The minimum absolute atomic E-state index is 0.0257. The fourth-order valence-electron chi connectivity index (χ4n) is 2.61. The Kier molecular flexibility index (Phi) is 6.84. The molecule has 2 aromatic carbocycles. The highest BCUT2D eigenvalue weighted by molar-refractivity contribution is 6.01. The van der Waals surface area contributed by atoms with Crippen LogP contribution in [0.15, 0.2) is 48.5 Å². The fourth-order valence-corrected chi connectivity index (χ4v) is 2.61. The molecule has 0 saturated heterocycles. The second kappa shape index (κ2) is 8.91. The van der Waals surface area contributed by atoms with E-state index < -0.39 is 6.04 Å². The van der Waals surface area contributed by atoms with E-state index in [1.807, 2.05) is 26.0 Å². The van der Waals surface area contributed by atoms with E-state index in [4.69, 9.17) is 4.74 Å². The standard InChI is InChI=1S/C23H30N2O3/c1-15(2)28-20-13-11-19(12-14-20)25-21(26)16(3)24-22(27)17-7-9-18(10-8-17)23(4,5)6/h7-16H,1-6H3,(H,24,27)(H,25,26). The number of ether oxygens (including phenoxy) is 1. The molecule has 150 valence electrons. The Morgan fingerprint density at radius 2 is 1.46 bits per heavy atom. The highest BCUT2D eigenvalue weighted by atomic mass is 16.5. The van der Waals surface area contributed by atoms with Gasteiger partial charge in [-0.05, 0) is 68.1 Å². The van der Waals surface area contributed by atoms with Crippen molar-refractivity contribution < 1.29 is 14.3 Å². The molecule has 0 aliphatic heterocycles. The molecule has 0 aromatic heterocycles. The lowest BCUT2D eigenvalue weighted by Gasteiger charge is -2.19. The van der Waals surface area contributed by atoms with E-state index in [1.54, 1.807) is 43.3 Å². The van der Waals surface area contributed by atoms with E-state index in [0.29, 0.717) is 11.3 Å². The average Bonchev–Trinajstić information content (AvgIpc) is 2.62. The molecule has 2 rings (SSSR count). The van der Waals surface area contributed by atoms with Gasteiger partial charge in [0.05, 0.1) is 6.10 Å². The fraction of sp³-hybridized carbons (Fsp3) is 0.391. The van der Waals surface area contributed by atoms with Gasteiger partial charge in [0.2, 0.25) is 5.91 Å². The predicted molar refractivity (Wildman–Crippen MR) is 113 cm³/mol. The third-order valence-electron chi connectivity index (χ3n) is 4.25. The molecule has 2 N–H and O–H groups in total. The van der Waals surface area contributed by atoms with E-state index in [-0.39, 0.29) is 23.3 Å². The largest absolute Gasteiger partial charge is 0.491 e. The smallest absolute Gasteiger partial charge is 0.251 e. The van der Waals surface area contributed by atoms with Gasteiger partial charge in [-0.15, -0.1) is 0 Å². The van der Waals surface area contributed by atoms with Crippen LogP contribution in [0.4, 0.5) is 5.69 Å². The molecule has 1 unspecified atom stereocenters. The monoisotopic (exact) mass is 382 g/mol. The number of anilines is 1. The Labute approximate surface area is 167 Å². The number of hydrogen-bond donors (Lipinski definition) is 2. The van der Waals surface area contributed by atoms with Crippen LogP contribution in [0, 0.1) is 0 Å². The van der Waals surface area contributed by atoms with Gasteiger partial charge in [-0.3, -0.25) is 9.59 Å². The molecular weight excluding hydrogens is 352 g/mol. The van der Waals surface area contributed by atoms with Gasteiger partial charge < -0.3 is 15.4 Å². The average molecular weight is 383 g/mol. The first kappa shape index (κ1) is 21.5. The van der Waals surface area contributed by atoms with Crippen LogP contribution in [0.3, 0.4) is 0 Å². The number of amides is 2. The highest BCUT2D eigenvalue weighted by Gasteiger charge is 2.18. The zero-order valence-electron chi connectivity index (χ0n) is 17.5. The Morgan fingerprint density at radius 1 is 0.893 bits per heavy atom. The normalized spacial score (nSPS) is 12.4. The molecule has 0 aliphatic rings. The molecule has 0 saturated carbocycles. The molecule has 0 radical (unpaired) electrons. The van der Waals surface area contributed by atoms with Gasteiger partial charge in [0.1, 0.15) is 11.8 Å². The lowest BCUT2D eigenvalue weighted by atomic mass is 9.86. The van der Waals surface area contributed by atoms with Crippen molar-refractivity contribution in [2.75, 3.05) is 5.32 Å². The third-order valence-corrected chi connectivity index (χ3v) is 4.25. The van der Waals surface area contributed by atoms with Crippen molar-refractivity contribution in [2.45, 2.75) is 59.1 Å². The maximum atomic E-state index is 12.4. The highest BCUT2D eigenvalue weighted by Crippen LogP contribution is 2.22. The number of nitrogens with one attached hydrogen (secondary N) is 2. The van der Waals surface area contributed by atoms with Crippen LogP contribution in [-0.2, 0) is 10.2 Å². The van der Waals surface area contributed by atoms with Gasteiger partial charge in [-0.1, -0.05) is 32.9 Å². The summed E-state index contributed by atoms with van der Waals surface area (Å²) in [6.07, 6.45) is 0.0909. The maximum Gasteiger partial charge on any atom is 0.251 e. The third kappa shape index (κ3) is 6.12. The molecule has 0 aliphatic carbocycles. The van der Waals surface area contributed by atoms with E-state index in [0.717, 1.165) is 11.3 Å². The van der Waals surface area contributed by atoms with E-state index in [1.165, 1.54) is 0 Å². The van der Waals surface area contributed by atoms with Crippen LogP contribution in [0.1, 0.15) is 57.5 Å². The Hall–Kier alpha value is -2.82. The van der Waals surface area contributed by atoms with Crippen LogP contribution < -0.4 is 15.4 Å². The Bertz CT molecular complexity index is 803. The van der Waals surface area contributed by atoms with Gasteiger partial charge in [0.25, 0.3) is 5.91 Å². The maximum absolute atomic E-state index is 12.4. The quantitative estimate of drug-likeness (QED) is 0.771. The number of rotatable bonds is 6. The van der Waals surface area contributed by atoms with Crippen LogP contribution in [-0.4, -0.2) is 24.0 Å². The van der Waals surface area contributed by atoms with E-state index in [9.17, 15) is 9.59 Å². The van der Waals surface area contributed by atoms with Gasteiger partial charge in [0, 0.05) is 11.3 Å². The van der Waals surface area contributed by atoms with Gasteiger partial charge in [0.15, 0.2) is 0 Å². The zero-order chi connectivity index (χ0) is 20.9. The predicted octanol–water partition coefficient (Wildman–Crippen LogP) is 4.53. The van der Waals surface area contributed by atoms with Crippen molar-refractivity contribution in [1.29, 1.82) is 0 Å². The van der Waals surface area contributed by atoms with Crippen molar-refractivity contribution in [1.82, 2.24) is 5.32 Å². The number of benzene rings is 2. The summed E-state index contributed by atoms with van der Waals surface area (Å²) in [5.41, 5.74) is 2.36. The van der Waals surface area contributed by atoms with Crippen LogP contribution in [0.5, 0.6) is 5.75 Å². The molecule has 2 amide bonds. The van der Waals surface area contributed by atoms with Gasteiger partial charge in [-0.25, -0.2) is 0 Å². The zero-order valence-corrected chi connectivity index (χ0v) is 17.5. The van der Waals surface area contributed by atoms with Crippen LogP contribution >= 0.6 is 0 Å². The molecular formula is C23H30N2O3. The minimum atomic E-state index is -0.665.